The number of carbonyl (C=O) groups is 4. The summed E-state index contributed by atoms with van der Waals surface area (Å²) >= 11 is 0. The number of carbonyl (C=O) groups excluding carboxylic acids is 2. The number of carboxylic acid groups (broad SMARTS) is 2. The number of alkyl halides is 34. The molecule has 0 radical (unpaired) electrons. The summed E-state index contributed by atoms with van der Waals surface area (Å²) in [5.41, 5.74) is 0. The minimum absolute atomic E-state index is 0. The second-order valence-corrected chi connectivity index (χ2v) is 13.5. The first-order valence-corrected chi connectivity index (χ1v) is 16.6. The van der Waals surface area contributed by atoms with E-state index in [2.05, 4.69) is 4.74 Å². The Bertz CT molecular complexity index is 1860. The quantitative estimate of drug-likeness (QED) is 0.0447. The van der Waals surface area contributed by atoms with E-state index >= 15 is 0 Å². The van der Waals surface area contributed by atoms with Crippen molar-refractivity contribution in [2.24, 2.45) is 11.8 Å². The van der Waals surface area contributed by atoms with Gasteiger partial charge in [-0.1, -0.05) is 0 Å². The Balaban J connectivity index is -0.000000626. The molecular weight excluding hydrogens is 1160 g/mol. The molecule has 0 bridgehead atoms. The summed E-state index contributed by atoms with van der Waals surface area (Å²) in [5, 5.41) is 16.7. The number of aliphatic carboxylic acids is 2. The first-order valence-electron chi connectivity index (χ1n) is 16.6. The van der Waals surface area contributed by atoms with E-state index in [0.717, 1.165) is 6.92 Å². The van der Waals surface area contributed by atoms with Crippen LogP contribution in [0.15, 0.2) is 0 Å². The van der Waals surface area contributed by atoms with Crippen LogP contribution in [-0.2, 0) is 23.9 Å². The Labute approximate surface area is 415 Å². The van der Waals surface area contributed by atoms with Crippen molar-refractivity contribution in [1.82, 2.24) is 0 Å². The van der Waals surface area contributed by atoms with Crippen LogP contribution in [0.2, 0.25) is 0 Å². The molecule has 3 N–H and O–H groups in total. The van der Waals surface area contributed by atoms with Crippen molar-refractivity contribution < 1.29 is 240 Å². The van der Waals surface area contributed by atoms with E-state index in [-0.39, 0.29) is 56.9 Å². The van der Waals surface area contributed by atoms with Gasteiger partial charge in [0.25, 0.3) is 0 Å². The molecule has 424 valence electrons. The van der Waals surface area contributed by atoms with Gasteiger partial charge in [0.1, 0.15) is 11.7 Å². The summed E-state index contributed by atoms with van der Waals surface area (Å²) in [4.78, 5) is 43.6. The monoisotopic (exact) mass is 1180 g/mol. The molecular formula is C29H21F34KO8. The predicted molar refractivity (Wildman–Crippen MR) is 151 cm³/mol. The Morgan fingerprint density at radius 3 is 0.750 bits per heavy atom. The average Bonchev–Trinajstić information content (AvgIpc) is 3.12. The fourth-order valence-electron chi connectivity index (χ4n) is 4.44. The Morgan fingerprint density at radius 1 is 0.375 bits per heavy atom. The van der Waals surface area contributed by atoms with Gasteiger partial charge in [-0.15, -0.1) is 0 Å². The number of hydrogen-bond donors (Lipinski definition) is 2. The molecule has 0 amide bonds. The third kappa shape index (κ3) is 12.4. The molecule has 0 aromatic heterocycles. The van der Waals surface area contributed by atoms with Crippen molar-refractivity contribution >= 4 is 23.7 Å². The molecule has 0 saturated carbocycles. The maximum atomic E-state index is 13.8. The summed E-state index contributed by atoms with van der Waals surface area (Å²) in [6.45, 7) is 0.994. The zero-order chi connectivity index (χ0) is 57.7. The van der Waals surface area contributed by atoms with E-state index in [9.17, 15) is 168 Å². The topological polar surface area (TPSA) is 148 Å². The molecule has 0 aliphatic heterocycles. The predicted octanol–water partition coefficient (Wildman–Crippen LogP) is 8.93. The Morgan fingerprint density at radius 2 is 0.569 bits per heavy atom. The number of ether oxygens (including phenoxy) is 1. The van der Waals surface area contributed by atoms with E-state index in [4.69, 9.17) is 10.2 Å². The van der Waals surface area contributed by atoms with Gasteiger partial charge in [-0.2, -0.15) is 149 Å². The molecule has 0 aromatic rings. The van der Waals surface area contributed by atoms with E-state index in [0.29, 0.717) is 6.92 Å². The van der Waals surface area contributed by atoms with Crippen molar-refractivity contribution in [3.63, 3.8) is 0 Å². The van der Waals surface area contributed by atoms with Crippen LogP contribution >= 0.6 is 0 Å². The first kappa shape index (κ1) is 75.8. The summed E-state index contributed by atoms with van der Waals surface area (Å²) in [6.07, 6.45) is -25.9. The zero-order valence-electron chi connectivity index (χ0n) is 33.9. The van der Waals surface area contributed by atoms with Crippen molar-refractivity contribution in [1.29, 1.82) is 0 Å². The number of hydrogen-bond acceptors (Lipinski definition) is 6. The molecule has 0 rings (SSSR count). The van der Waals surface area contributed by atoms with E-state index in [1.165, 1.54) is 0 Å². The smallest absolute Gasteiger partial charge is 0.870 e. The molecule has 0 aliphatic carbocycles. The van der Waals surface area contributed by atoms with Gasteiger partial charge in [0.05, 0.1) is 6.61 Å². The van der Waals surface area contributed by atoms with Crippen LogP contribution in [0.5, 0.6) is 0 Å². The Hall–Kier alpha value is -2.70. The van der Waals surface area contributed by atoms with Gasteiger partial charge in [0, 0.05) is 12.8 Å². The van der Waals surface area contributed by atoms with Crippen LogP contribution in [0.3, 0.4) is 0 Å². The maximum absolute atomic E-state index is 13.8. The minimum atomic E-state index is -8.77. The normalized spacial score (nSPS) is 15.4. The number of ketones is 1. The molecule has 1 atom stereocenters. The van der Waals surface area contributed by atoms with Crippen molar-refractivity contribution in [3.05, 3.63) is 0 Å². The third-order valence-corrected chi connectivity index (χ3v) is 8.73. The number of carboxylic acids is 2. The third-order valence-electron chi connectivity index (χ3n) is 8.73. The molecule has 1 unspecified atom stereocenters. The number of halogens is 34. The first-order chi connectivity index (χ1) is 30.0. The number of Topliss-reactive ketones (excluding diaryl/α,β-unsaturated/α-hetero) is 1. The maximum Gasteiger partial charge on any atom is 1.00 e. The van der Waals surface area contributed by atoms with Gasteiger partial charge in [0.2, 0.25) is 0 Å². The van der Waals surface area contributed by atoms with Crippen molar-refractivity contribution in [2.45, 2.75) is 135 Å². The molecule has 0 heterocycles. The van der Waals surface area contributed by atoms with Crippen LogP contribution in [0, 0.1) is 11.8 Å². The fraction of sp³-hybridized carbons (Fsp3) is 0.862. The molecule has 8 nitrogen and oxygen atoms in total. The largest absolute Gasteiger partial charge is 1.00 e. The molecule has 0 spiro atoms. The van der Waals surface area contributed by atoms with Crippen molar-refractivity contribution in [2.75, 3.05) is 6.61 Å². The standard InChI is InChI=1S/C16H13F17O3.C13H7F17O4.K.H2O/c1-3-36-8(35)7(6(2)34)4-5-9(17,18)10(19,20)11(21,22)12(23,24)13(25,26)14(27,28)15(29,30)16(31,32)33;14-6(15,2-1-3(4(31)32)5(33)34)7(16,17)8(18,19)9(20,21)10(22,23)11(24,25)12(26,27)13(28,29)30;;/h7H,3-5H2,1-2H3;3H,1-2H2,(H,31,32)(H,33,34);;1H2/q;;+1;/p-1. The average molecular weight is 1180 g/mol. The van der Waals surface area contributed by atoms with Gasteiger partial charge in [0.15, 0.2) is 5.92 Å². The van der Waals surface area contributed by atoms with Gasteiger partial charge >= 0.3 is 165 Å². The number of rotatable bonds is 23. The van der Waals surface area contributed by atoms with Crippen LogP contribution in [0.4, 0.5) is 149 Å². The Kier molecular flexibility index (Phi) is 23.7. The van der Waals surface area contributed by atoms with Gasteiger partial charge in [-0.05, 0) is 26.7 Å². The van der Waals surface area contributed by atoms with E-state index in [1.807, 2.05) is 0 Å². The molecule has 0 fully saturated rings. The fourth-order valence-corrected chi connectivity index (χ4v) is 4.44. The summed E-state index contributed by atoms with van der Waals surface area (Å²) < 4.78 is 450. The second kappa shape index (κ2) is 22.5. The van der Waals surface area contributed by atoms with Crippen LogP contribution < -0.4 is 51.4 Å². The summed E-state index contributed by atoms with van der Waals surface area (Å²) in [6, 6.07) is 0. The van der Waals surface area contributed by atoms with Gasteiger partial charge in [-0.3, -0.25) is 19.2 Å². The zero-order valence-corrected chi connectivity index (χ0v) is 37.0. The molecule has 0 aliphatic rings. The molecule has 72 heavy (non-hydrogen) atoms. The number of esters is 1. The molecule has 0 aromatic carbocycles. The van der Waals surface area contributed by atoms with Gasteiger partial charge in [-0.25, -0.2) is 0 Å². The van der Waals surface area contributed by atoms with Crippen LogP contribution in [0.1, 0.15) is 39.5 Å². The van der Waals surface area contributed by atoms with Crippen molar-refractivity contribution in [3.8, 4) is 0 Å². The second-order valence-electron chi connectivity index (χ2n) is 13.5. The molecule has 0 saturated heterocycles. The van der Waals surface area contributed by atoms with E-state index in [1.54, 1.807) is 0 Å². The van der Waals surface area contributed by atoms with Crippen LogP contribution in [-0.4, -0.2) is 141 Å². The molecule has 43 heteroatoms. The van der Waals surface area contributed by atoms with E-state index < -0.39 is 163 Å². The SMILES string of the molecule is CCOC(=O)C(CCC(F)(F)C(F)(F)C(F)(F)C(F)(F)C(F)(F)C(F)(F)C(F)(F)C(F)(F)F)C(C)=O.O=C(O)C(CCC(F)(F)C(F)(F)C(F)(F)C(F)(F)C(F)(F)C(F)(F)C(F)(F)C(F)(F)F)C(=O)O.[K+].[OH-]. The van der Waals surface area contributed by atoms with Gasteiger partial charge < -0.3 is 20.4 Å². The summed E-state index contributed by atoms with van der Waals surface area (Å²) in [7, 11) is 0. The van der Waals surface area contributed by atoms with Crippen LogP contribution in [0.25, 0.3) is 0 Å². The minimum Gasteiger partial charge on any atom is -0.870 e. The summed E-state index contributed by atoms with van der Waals surface area (Å²) in [5.74, 6) is -129.